The van der Waals surface area contributed by atoms with Crippen LogP contribution in [0.3, 0.4) is 0 Å². The van der Waals surface area contributed by atoms with Crippen molar-refractivity contribution in [3.63, 3.8) is 0 Å². The summed E-state index contributed by atoms with van der Waals surface area (Å²) in [6.45, 7) is 3.13. The van der Waals surface area contributed by atoms with Crippen molar-refractivity contribution < 1.29 is 8.42 Å². The first-order chi connectivity index (χ1) is 9.93. The molecule has 1 aliphatic carbocycles. The van der Waals surface area contributed by atoms with Crippen LogP contribution in [0.25, 0.3) is 0 Å². The zero-order valence-electron chi connectivity index (χ0n) is 13.0. The molecule has 1 N–H and O–H groups in total. The van der Waals surface area contributed by atoms with Gasteiger partial charge in [-0.25, -0.2) is 13.4 Å². The van der Waals surface area contributed by atoms with E-state index < -0.39 is 9.84 Å². The molecule has 0 amide bonds. The molecule has 21 heavy (non-hydrogen) atoms. The van der Waals surface area contributed by atoms with Gasteiger partial charge in [0.2, 0.25) is 0 Å². The monoisotopic (exact) mass is 311 g/mol. The second-order valence-electron chi connectivity index (χ2n) is 5.77. The van der Waals surface area contributed by atoms with Gasteiger partial charge in [-0.1, -0.05) is 6.92 Å². The zero-order chi connectivity index (χ0) is 15.5. The fraction of sp³-hybridized carbons (Fsp3) is 0.667. The van der Waals surface area contributed by atoms with Crippen LogP contribution >= 0.6 is 0 Å². The molecule has 0 spiro atoms. The molecule has 0 unspecified atom stereocenters. The van der Waals surface area contributed by atoms with E-state index >= 15 is 0 Å². The number of anilines is 1. The van der Waals surface area contributed by atoms with Gasteiger partial charge < -0.3 is 10.2 Å². The largest absolute Gasteiger partial charge is 0.356 e. The van der Waals surface area contributed by atoms with Crippen LogP contribution in [0.15, 0.2) is 23.2 Å². The molecule has 1 fully saturated rings. The lowest BCUT2D eigenvalue weighted by molar-refractivity contribution is 0.340. The van der Waals surface area contributed by atoms with E-state index in [0.29, 0.717) is 22.8 Å². The molecule has 0 saturated heterocycles. The molecule has 1 aliphatic rings. The van der Waals surface area contributed by atoms with Gasteiger partial charge >= 0.3 is 0 Å². The Bertz CT molecular complexity index is 566. The average Bonchev–Trinajstić information content (AvgIpc) is 2.47. The Hall–Kier alpha value is -1.14. The number of hydrogen-bond acceptors (Lipinski definition) is 5. The molecule has 1 aromatic heterocycles. The van der Waals surface area contributed by atoms with E-state index in [-0.39, 0.29) is 0 Å². The van der Waals surface area contributed by atoms with Crippen LogP contribution in [0.4, 0.5) is 5.82 Å². The lowest BCUT2D eigenvalue weighted by atomic mass is 9.90. The first-order valence-electron chi connectivity index (χ1n) is 7.54. The summed E-state index contributed by atoms with van der Waals surface area (Å²) in [6, 6.07) is 4.27. The summed E-state index contributed by atoms with van der Waals surface area (Å²) in [5.41, 5.74) is 0. The molecule has 118 valence electrons. The molecule has 0 atom stereocenters. The Labute approximate surface area is 127 Å². The topological polar surface area (TPSA) is 62.3 Å². The molecule has 0 aromatic carbocycles. The van der Waals surface area contributed by atoms with E-state index in [0.717, 1.165) is 32.2 Å². The standard InChI is InChI=1S/C15H25N3O2S/c1-4-16-12-7-9-13(10-8-12)18(2)15-14(21(3,19)20)6-5-11-17-15/h5-6,11-13,16H,4,7-10H2,1-3H3. The Morgan fingerprint density at radius 2 is 2.00 bits per heavy atom. The molecule has 0 radical (unpaired) electrons. The van der Waals surface area contributed by atoms with Crippen LogP contribution in [-0.2, 0) is 9.84 Å². The van der Waals surface area contributed by atoms with Gasteiger partial charge in [-0.05, 0) is 44.4 Å². The molecule has 1 aromatic rings. The summed E-state index contributed by atoms with van der Waals surface area (Å²) in [5.74, 6) is 0.576. The SMILES string of the molecule is CCNC1CCC(N(C)c2ncccc2S(C)(=O)=O)CC1. The fourth-order valence-electron chi connectivity index (χ4n) is 3.07. The Balaban J connectivity index is 2.13. The van der Waals surface area contributed by atoms with Crippen LogP contribution in [-0.4, -0.2) is 45.3 Å². The number of nitrogens with zero attached hydrogens (tertiary/aromatic N) is 2. The maximum Gasteiger partial charge on any atom is 0.179 e. The van der Waals surface area contributed by atoms with Crippen molar-refractivity contribution in [2.24, 2.45) is 0 Å². The first-order valence-corrected chi connectivity index (χ1v) is 9.44. The zero-order valence-corrected chi connectivity index (χ0v) is 13.9. The summed E-state index contributed by atoms with van der Waals surface area (Å²) in [7, 11) is -1.30. The van der Waals surface area contributed by atoms with Crippen molar-refractivity contribution >= 4 is 15.7 Å². The lowest BCUT2D eigenvalue weighted by Gasteiger charge is -2.36. The van der Waals surface area contributed by atoms with Crippen molar-refractivity contribution in [3.8, 4) is 0 Å². The molecular weight excluding hydrogens is 286 g/mol. The third-order valence-electron chi connectivity index (χ3n) is 4.22. The van der Waals surface area contributed by atoms with Gasteiger partial charge in [0, 0.05) is 31.6 Å². The number of hydrogen-bond donors (Lipinski definition) is 1. The average molecular weight is 311 g/mol. The van der Waals surface area contributed by atoms with Gasteiger partial charge in [0.15, 0.2) is 9.84 Å². The quantitative estimate of drug-likeness (QED) is 0.899. The molecule has 0 bridgehead atoms. The minimum absolute atomic E-state index is 0.321. The van der Waals surface area contributed by atoms with E-state index in [4.69, 9.17) is 0 Å². The second-order valence-corrected chi connectivity index (χ2v) is 7.76. The van der Waals surface area contributed by atoms with E-state index in [1.165, 1.54) is 6.26 Å². The summed E-state index contributed by atoms with van der Waals surface area (Å²) in [4.78, 5) is 6.67. The molecular formula is C15H25N3O2S. The normalized spacial score (nSPS) is 23.0. The molecule has 1 saturated carbocycles. The number of sulfone groups is 1. The Kier molecular flexibility index (Phi) is 5.22. The van der Waals surface area contributed by atoms with Crippen molar-refractivity contribution in [1.29, 1.82) is 0 Å². The van der Waals surface area contributed by atoms with Gasteiger partial charge in [0.1, 0.15) is 10.7 Å². The Morgan fingerprint density at radius 3 is 2.57 bits per heavy atom. The third-order valence-corrected chi connectivity index (χ3v) is 5.34. The van der Waals surface area contributed by atoms with Gasteiger partial charge in [-0.3, -0.25) is 0 Å². The number of rotatable bonds is 5. The second kappa shape index (κ2) is 6.75. The van der Waals surface area contributed by atoms with Crippen molar-refractivity contribution in [2.45, 2.75) is 49.6 Å². The van der Waals surface area contributed by atoms with Gasteiger partial charge in [-0.2, -0.15) is 0 Å². The summed E-state index contributed by atoms with van der Waals surface area (Å²) in [6.07, 6.45) is 7.28. The van der Waals surface area contributed by atoms with E-state index in [1.807, 2.05) is 11.9 Å². The molecule has 1 heterocycles. The highest BCUT2D eigenvalue weighted by Crippen LogP contribution is 2.29. The van der Waals surface area contributed by atoms with E-state index in [9.17, 15) is 8.42 Å². The van der Waals surface area contributed by atoms with Gasteiger partial charge in [0.05, 0.1) is 0 Å². The summed E-state index contributed by atoms with van der Waals surface area (Å²) < 4.78 is 23.8. The van der Waals surface area contributed by atoms with Crippen LogP contribution in [0.1, 0.15) is 32.6 Å². The van der Waals surface area contributed by atoms with Crippen molar-refractivity contribution in [1.82, 2.24) is 10.3 Å². The Morgan fingerprint density at radius 1 is 1.33 bits per heavy atom. The molecule has 0 aliphatic heterocycles. The number of nitrogens with one attached hydrogen (secondary N) is 1. The first kappa shape index (κ1) is 16.2. The maximum atomic E-state index is 11.9. The minimum atomic E-state index is -3.25. The highest BCUT2D eigenvalue weighted by atomic mass is 32.2. The van der Waals surface area contributed by atoms with Crippen molar-refractivity contribution in [2.75, 3.05) is 24.7 Å². The van der Waals surface area contributed by atoms with Crippen LogP contribution in [0.5, 0.6) is 0 Å². The maximum absolute atomic E-state index is 11.9. The molecule has 5 nitrogen and oxygen atoms in total. The fourth-order valence-corrected chi connectivity index (χ4v) is 3.92. The van der Waals surface area contributed by atoms with Gasteiger partial charge in [-0.15, -0.1) is 0 Å². The number of aromatic nitrogens is 1. The highest BCUT2D eigenvalue weighted by molar-refractivity contribution is 7.90. The van der Waals surface area contributed by atoms with Crippen LogP contribution < -0.4 is 10.2 Å². The number of pyridine rings is 1. The lowest BCUT2D eigenvalue weighted by Crippen LogP contribution is -2.41. The summed E-state index contributed by atoms with van der Waals surface area (Å²) >= 11 is 0. The predicted octanol–water partition coefficient (Wildman–Crippen LogP) is 1.84. The third kappa shape index (κ3) is 3.95. The predicted molar refractivity (Wildman–Crippen MR) is 85.5 cm³/mol. The smallest absolute Gasteiger partial charge is 0.179 e. The van der Waals surface area contributed by atoms with Crippen molar-refractivity contribution in [3.05, 3.63) is 18.3 Å². The van der Waals surface area contributed by atoms with Crippen LogP contribution in [0, 0.1) is 0 Å². The minimum Gasteiger partial charge on any atom is -0.356 e. The van der Waals surface area contributed by atoms with E-state index in [2.05, 4.69) is 17.2 Å². The molecule has 2 rings (SSSR count). The highest BCUT2D eigenvalue weighted by Gasteiger charge is 2.27. The van der Waals surface area contributed by atoms with E-state index in [1.54, 1.807) is 18.3 Å². The van der Waals surface area contributed by atoms with Crippen LogP contribution in [0.2, 0.25) is 0 Å². The molecule has 6 heteroatoms. The summed E-state index contributed by atoms with van der Waals surface area (Å²) in [5, 5.41) is 3.49. The van der Waals surface area contributed by atoms with Gasteiger partial charge in [0.25, 0.3) is 0 Å².